The van der Waals surface area contributed by atoms with Crippen LogP contribution in [0, 0.1) is 0 Å². The topological polar surface area (TPSA) is 103 Å². The summed E-state index contributed by atoms with van der Waals surface area (Å²) >= 11 is 0. The van der Waals surface area contributed by atoms with Crippen molar-refractivity contribution in [3.63, 3.8) is 0 Å². The maximum atomic E-state index is 13.1. The lowest BCUT2D eigenvalue weighted by Gasteiger charge is -2.37. The van der Waals surface area contributed by atoms with Gasteiger partial charge in [-0.2, -0.15) is 0 Å². The molecule has 10 heteroatoms. The Balaban J connectivity index is 1.29. The molecule has 0 spiro atoms. The molecule has 9 nitrogen and oxygen atoms in total. The largest absolute Gasteiger partial charge is 0.497 e. The number of carbonyl (C=O) groups excluding carboxylic acids is 1. The molecular weight excluding hydrogens is 568 g/mol. The molecule has 0 aromatic heterocycles. The number of nitrogens with zero attached hydrogens (tertiary/aromatic N) is 1. The second-order valence-electron chi connectivity index (χ2n) is 11.1. The van der Waals surface area contributed by atoms with Crippen LogP contribution in [0.2, 0.25) is 0 Å². The van der Waals surface area contributed by atoms with Gasteiger partial charge in [0.2, 0.25) is 0 Å². The summed E-state index contributed by atoms with van der Waals surface area (Å²) in [5, 5.41) is 3.45. The van der Waals surface area contributed by atoms with Crippen LogP contribution < -0.4 is 19.7 Å². The molecule has 1 amide bonds. The molecule has 3 aromatic carbocycles. The number of hydrogen-bond acceptors (Lipinski definition) is 8. The van der Waals surface area contributed by atoms with Gasteiger partial charge in [-0.3, -0.25) is 4.79 Å². The van der Waals surface area contributed by atoms with E-state index in [2.05, 4.69) is 5.32 Å². The van der Waals surface area contributed by atoms with E-state index in [1.54, 1.807) is 19.1 Å². The van der Waals surface area contributed by atoms with Crippen molar-refractivity contribution in [1.29, 1.82) is 0 Å². The highest BCUT2D eigenvalue weighted by molar-refractivity contribution is 7.90. The van der Waals surface area contributed by atoms with Crippen LogP contribution in [0.3, 0.4) is 0 Å². The van der Waals surface area contributed by atoms with Gasteiger partial charge in [-0.25, -0.2) is 8.42 Å². The van der Waals surface area contributed by atoms with E-state index in [0.29, 0.717) is 38.5 Å². The number of rotatable bonds is 13. The minimum Gasteiger partial charge on any atom is -0.497 e. The van der Waals surface area contributed by atoms with Crippen LogP contribution in [-0.4, -0.2) is 72.7 Å². The first kappa shape index (κ1) is 31.0. The van der Waals surface area contributed by atoms with Crippen molar-refractivity contribution in [1.82, 2.24) is 5.32 Å². The fourth-order valence-corrected chi connectivity index (χ4v) is 7.50. The van der Waals surface area contributed by atoms with E-state index in [-0.39, 0.29) is 42.1 Å². The monoisotopic (exact) mass is 608 g/mol. The van der Waals surface area contributed by atoms with E-state index in [0.717, 1.165) is 34.5 Å². The Hall–Kier alpha value is -3.44. The van der Waals surface area contributed by atoms with Crippen LogP contribution in [0.1, 0.15) is 35.4 Å². The van der Waals surface area contributed by atoms with Crippen LogP contribution >= 0.6 is 0 Å². The van der Waals surface area contributed by atoms with E-state index >= 15 is 0 Å². The second kappa shape index (κ2) is 14.4. The molecule has 0 bridgehead atoms. The Labute approximate surface area is 254 Å². The predicted octanol–water partition coefficient (Wildman–Crippen LogP) is 4.10. The smallest absolute Gasteiger partial charge is 0.265 e. The molecular formula is C33H40N2O7S. The van der Waals surface area contributed by atoms with Gasteiger partial charge in [0.1, 0.15) is 11.5 Å². The van der Waals surface area contributed by atoms with Crippen LogP contribution in [0.25, 0.3) is 0 Å². The van der Waals surface area contributed by atoms with Gasteiger partial charge in [-0.05, 0) is 53.8 Å². The highest BCUT2D eigenvalue weighted by Crippen LogP contribution is 2.35. The lowest BCUT2D eigenvalue weighted by atomic mass is 9.84. The molecule has 0 aliphatic carbocycles. The Morgan fingerprint density at radius 2 is 1.79 bits per heavy atom. The van der Waals surface area contributed by atoms with Crippen LogP contribution in [0.4, 0.5) is 5.69 Å². The zero-order valence-corrected chi connectivity index (χ0v) is 25.6. The Kier molecular flexibility index (Phi) is 10.3. The summed E-state index contributed by atoms with van der Waals surface area (Å²) in [4.78, 5) is 14.4. The van der Waals surface area contributed by atoms with Crippen molar-refractivity contribution >= 4 is 21.4 Å². The van der Waals surface area contributed by atoms with Gasteiger partial charge in [0.15, 0.2) is 16.4 Å². The molecule has 3 atom stereocenters. The maximum absolute atomic E-state index is 13.1. The van der Waals surface area contributed by atoms with Gasteiger partial charge in [-0.1, -0.05) is 48.5 Å². The van der Waals surface area contributed by atoms with Crippen LogP contribution in [0.5, 0.6) is 11.5 Å². The molecule has 2 heterocycles. The van der Waals surface area contributed by atoms with Gasteiger partial charge >= 0.3 is 0 Å². The predicted molar refractivity (Wildman–Crippen MR) is 165 cm³/mol. The van der Waals surface area contributed by atoms with Crippen molar-refractivity contribution in [3.05, 3.63) is 89.5 Å². The fourth-order valence-electron chi connectivity index (χ4n) is 5.82. The molecule has 1 fully saturated rings. The molecule has 2 aliphatic heterocycles. The first-order valence-electron chi connectivity index (χ1n) is 14.6. The Morgan fingerprint density at radius 1 is 1.00 bits per heavy atom. The third-order valence-corrected chi connectivity index (χ3v) is 9.67. The fraction of sp³-hybridized carbons (Fsp3) is 0.424. The molecule has 0 radical (unpaired) electrons. The van der Waals surface area contributed by atoms with Crippen molar-refractivity contribution in [2.24, 2.45) is 0 Å². The van der Waals surface area contributed by atoms with Crippen molar-refractivity contribution in [2.75, 3.05) is 51.2 Å². The number of ether oxygens (including phenoxy) is 4. The summed E-state index contributed by atoms with van der Waals surface area (Å²) in [6.07, 6.45) is 1.15. The van der Waals surface area contributed by atoms with Crippen LogP contribution in [0.15, 0.2) is 72.8 Å². The highest BCUT2D eigenvalue weighted by Gasteiger charge is 2.34. The Morgan fingerprint density at radius 3 is 2.53 bits per heavy atom. The normalized spacial score (nSPS) is 20.4. The van der Waals surface area contributed by atoms with E-state index in [4.69, 9.17) is 18.9 Å². The van der Waals surface area contributed by atoms with Crippen LogP contribution in [-0.2, 0) is 36.5 Å². The number of fused-ring (bicyclic) bond motifs is 1. The lowest BCUT2D eigenvalue weighted by Crippen LogP contribution is -2.49. The number of anilines is 1. The molecule has 5 rings (SSSR count). The van der Waals surface area contributed by atoms with Crippen molar-refractivity contribution in [3.8, 4) is 11.5 Å². The molecule has 43 heavy (non-hydrogen) atoms. The summed E-state index contributed by atoms with van der Waals surface area (Å²) in [7, 11) is -0.0432. The van der Waals surface area contributed by atoms with E-state index < -0.39 is 9.84 Å². The number of benzene rings is 3. The van der Waals surface area contributed by atoms with Gasteiger partial charge in [-0.15, -0.1) is 0 Å². The molecule has 1 N–H and O–H groups in total. The molecule has 230 valence electrons. The van der Waals surface area contributed by atoms with Gasteiger partial charge in [0.25, 0.3) is 5.91 Å². The third kappa shape index (κ3) is 8.14. The number of hydrogen-bond donors (Lipinski definition) is 1. The minimum absolute atomic E-state index is 0.0165. The zero-order chi connectivity index (χ0) is 30.2. The molecule has 0 unspecified atom stereocenters. The summed E-state index contributed by atoms with van der Waals surface area (Å²) in [5.41, 5.74) is 3.53. The minimum atomic E-state index is -3.33. The maximum Gasteiger partial charge on any atom is 0.265 e. The quantitative estimate of drug-likeness (QED) is 0.290. The first-order valence-corrected chi connectivity index (χ1v) is 16.5. The number of nitrogens with one attached hydrogen (secondary N) is 1. The molecule has 0 saturated carbocycles. The van der Waals surface area contributed by atoms with Crippen molar-refractivity contribution in [2.45, 2.75) is 43.3 Å². The van der Waals surface area contributed by atoms with Gasteiger partial charge < -0.3 is 29.2 Å². The van der Waals surface area contributed by atoms with E-state index in [1.807, 2.05) is 72.8 Å². The summed E-state index contributed by atoms with van der Waals surface area (Å²) < 4.78 is 48.9. The summed E-state index contributed by atoms with van der Waals surface area (Å²) in [5.74, 6) is 1.42. The first-order chi connectivity index (χ1) is 20.8. The second-order valence-corrected chi connectivity index (χ2v) is 13.2. The van der Waals surface area contributed by atoms with Gasteiger partial charge in [0.05, 0.1) is 37.0 Å². The third-order valence-electron chi connectivity index (χ3n) is 7.98. The zero-order valence-electron chi connectivity index (χ0n) is 24.7. The van der Waals surface area contributed by atoms with E-state index in [1.165, 1.54) is 0 Å². The number of amides is 1. The molecule has 2 aliphatic rings. The van der Waals surface area contributed by atoms with Gasteiger partial charge in [0, 0.05) is 38.8 Å². The molecule has 1 saturated heterocycles. The lowest BCUT2D eigenvalue weighted by molar-refractivity contribution is -0.121. The average Bonchev–Trinajstić information content (AvgIpc) is 3.01. The number of sulfone groups is 1. The number of carbonyl (C=O) groups is 1. The summed E-state index contributed by atoms with van der Waals surface area (Å²) in [6.45, 7) is 1.99. The average molecular weight is 609 g/mol. The number of methoxy groups -OCH3 is 2. The van der Waals surface area contributed by atoms with Crippen molar-refractivity contribution < 1.29 is 32.2 Å². The number of piperidine rings is 1. The highest BCUT2D eigenvalue weighted by atomic mass is 32.2. The van der Waals surface area contributed by atoms with E-state index in [9.17, 15) is 13.2 Å². The Bertz CT molecular complexity index is 1460. The SMILES string of the molecule is COCCCN1C(=O)COc2ccc(CO[C@H]3CN[C@H](CS(=O)(=O)Cc4ccccc4)C[C@@H]3c3ccc(OC)cc3)cc21. The molecule has 3 aromatic rings. The standard InChI is InChI=1S/C33H40N2O7S/c1-39-16-6-15-35-30-17-25(9-14-31(30)42-21-33(35)36)20-41-32-19-34-27(18-29(32)26-10-12-28(40-2)13-11-26)23-43(37,38)22-24-7-4-3-5-8-24/h3-5,7-14,17,27,29,32,34H,6,15-16,18-23H2,1-2H3/t27-,29+,32-/m0/s1. The summed E-state index contributed by atoms with van der Waals surface area (Å²) in [6, 6.07) is 22.8.